The Morgan fingerprint density at radius 3 is 2.25 bits per heavy atom. The van der Waals surface area contributed by atoms with Gasteiger partial charge in [-0.05, 0) is 60.3 Å². The summed E-state index contributed by atoms with van der Waals surface area (Å²) >= 11 is 11.6. The quantitative estimate of drug-likeness (QED) is 0.620. The fourth-order valence-corrected chi connectivity index (χ4v) is 2.97. The summed E-state index contributed by atoms with van der Waals surface area (Å²) < 4.78 is 0. The molecule has 0 fully saturated rings. The van der Waals surface area contributed by atoms with Crippen molar-refractivity contribution in [1.29, 1.82) is 0 Å². The number of thiocarbonyl (C=S) groups is 1. The highest BCUT2D eigenvalue weighted by Crippen LogP contribution is 2.22. The Bertz CT molecular complexity index is 695. The lowest BCUT2D eigenvalue weighted by Crippen LogP contribution is -2.32. The maximum atomic E-state index is 6.16. The molecule has 0 aromatic heterocycles. The van der Waals surface area contributed by atoms with E-state index < -0.39 is 0 Å². The maximum absolute atomic E-state index is 6.16. The molecule has 0 spiro atoms. The van der Waals surface area contributed by atoms with Gasteiger partial charge in [0.15, 0.2) is 5.11 Å². The molecule has 0 heterocycles. The molecule has 2 aromatic rings. The Hall–Kier alpha value is -1.58. The zero-order chi connectivity index (χ0) is 17.7. The van der Waals surface area contributed by atoms with Crippen molar-refractivity contribution in [1.82, 2.24) is 5.32 Å². The predicted octanol–water partition coefficient (Wildman–Crippen LogP) is 6.21. The van der Waals surface area contributed by atoms with Crippen molar-refractivity contribution < 1.29 is 0 Å². The molecule has 0 aliphatic heterocycles. The van der Waals surface area contributed by atoms with Gasteiger partial charge in [0.1, 0.15) is 0 Å². The summed E-state index contributed by atoms with van der Waals surface area (Å²) in [5.74, 6) is 0.543. The number of hydrogen-bond acceptors (Lipinski definition) is 1. The molecule has 1 atom stereocenters. The Kier molecular flexibility index (Phi) is 6.64. The topological polar surface area (TPSA) is 24.1 Å². The van der Waals surface area contributed by atoms with Crippen LogP contribution in [-0.4, -0.2) is 5.11 Å². The molecule has 2 aromatic carbocycles. The zero-order valence-corrected chi connectivity index (χ0v) is 16.3. The molecule has 128 valence electrons. The smallest absolute Gasteiger partial charge is 0.171 e. The molecule has 0 aliphatic rings. The molecule has 2 rings (SSSR count). The number of anilines is 1. The predicted molar refractivity (Wildman–Crippen MR) is 109 cm³/mol. The molecular formula is C20H25ClN2S. The van der Waals surface area contributed by atoms with Crippen molar-refractivity contribution in [3.8, 4) is 0 Å². The van der Waals surface area contributed by atoms with Gasteiger partial charge >= 0.3 is 0 Å². The maximum Gasteiger partial charge on any atom is 0.171 e. The molecule has 0 saturated carbocycles. The number of nitrogens with one attached hydrogen (secondary N) is 2. The molecule has 4 heteroatoms. The first-order valence-corrected chi connectivity index (χ1v) is 9.12. The molecule has 24 heavy (non-hydrogen) atoms. The van der Waals surface area contributed by atoms with Crippen molar-refractivity contribution in [2.24, 2.45) is 0 Å². The van der Waals surface area contributed by atoms with E-state index in [1.165, 1.54) is 11.1 Å². The van der Waals surface area contributed by atoms with Gasteiger partial charge in [-0.1, -0.05) is 62.7 Å². The number of benzene rings is 2. The second kappa shape index (κ2) is 8.50. The largest absolute Gasteiger partial charge is 0.356 e. The average molecular weight is 361 g/mol. The lowest BCUT2D eigenvalue weighted by atomic mass is 9.98. The first-order valence-electron chi connectivity index (χ1n) is 8.34. The first-order chi connectivity index (χ1) is 11.4. The van der Waals surface area contributed by atoms with Crippen LogP contribution in [0.25, 0.3) is 0 Å². The van der Waals surface area contributed by atoms with Crippen LogP contribution in [0.4, 0.5) is 5.69 Å². The molecule has 0 radical (unpaired) electrons. The van der Waals surface area contributed by atoms with Crippen molar-refractivity contribution in [3.05, 3.63) is 64.2 Å². The van der Waals surface area contributed by atoms with Gasteiger partial charge in [-0.25, -0.2) is 0 Å². The zero-order valence-electron chi connectivity index (χ0n) is 14.7. The van der Waals surface area contributed by atoms with Gasteiger partial charge in [0.2, 0.25) is 0 Å². The second-order valence-electron chi connectivity index (χ2n) is 6.34. The van der Waals surface area contributed by atoms with Crippen LogP contribution in [0.15, 0.2) is 42.5 Å². The summed E-state index contributed by atoms with van der Waals surface area (Å²) in [7, 11) is 0. The van der Waals surface area contributed by atoms with E-state index >= 15 is 0 Å². The van der Waals surface area contributed by atoms with E-state index in [9.17, 15) is 0 Å². The van der Waals surface area contributed by atoms with Gasteiger partial charge < -0.3 is 10.6 Å². The SMILES string of the molecule is CCC(NC(=S)Nc1ccc(C)c(Cl)c1)c1ccc(C(C)C)cc1. The molecule has 0 bridgehead atoms. The van der Waals surface area contributed by atoms with E-state index in [0.29, 0.717) is 11.0 Å². The minimum Gasteiger partial charge on any atom is -0.356 e. The number of rotatable bonds is 5. The average Bonchev–Trinajstić information content (AvgIpc) is 2.56. The Balaban J connectivity index is 2.03. The first kappa shape index (κ1) is 18.8. The van der Waals surface area contributed by atoms with E-state index in [1.54, 1.807) is 0 Å². The minimum absolute atomic E-state index is 0.187. The van der Waals surface area contributed by atoms with Gasteiger partial charge in [0, 0.05) is 10.7 Å². The number of halogens is 1. The van der Waals surface area contributed by atoms with Gasteiger partial charge in [0.25, 0.3) is 0 Å². The van der Waals surface area contributed by atoms with Gasteiger partial charge in [-0.2, -0.15) is 0 Å². The summed E-state index contributed by atoms with van der Waals surface area (Å²) in [5.41, 5.74) is 4.54. The highest BCUT2D eigenvalue weighted by Gasteiger charge is 2.11. The van der Waals surface area contributed by atoms with E-state index in [2.05, 4.69) is 55.7 Å². The van der Waals surface area contributed by atoms with Gasteiger partial charge in [0.05, 0.1) is 6.04 Å². The third kappa shape index (κ3) is 4.96. The fourth-order valence-electron chi connectivity index (χ4n) is 2.53. The van der Waals surface area contributed by atoms with E-state index in [0.717, 1.165) is 22.7 Å². The van der Waals surface area contributed by atoms with Crippen molar-refractivity contribution in [2.75, 3.05) is 5.32 Å². The highest BCUT2D eigenvalue weighted by atomic mass is 35.5. The molecule has 0 aliphatic carbocycles. The van der Waals surface area contributed by atoms with Crippen LogP contribution in [-0.2, 0) is 0 Å². The second-order valence-corrected chi connectivity index (χ2v) is 7.16. The van der Waals surface area contributed by atoms with Crippen LogP contribution < -0.4 is 10.6 Å². The van der Waals surface area contributed by atoms with Crippen LogP contribution in [0.3, 0.4) is 0 Å². The van der Waals surface area contributed by atoms with Crippen LogP contribution >= 0.6 is 23.8 Å². The summed E-state index contributed by atoms with van der Waals surface area (Å²) in [5, 5.41) is 7.94. The molecule has 2 N–H and O–H groups in total. The third-order valence-electron chi connectivity index (χ3n) is 4.15. The van der Waals surface area contributed by atoms with Crippen molar-refractivity contribution >= 4 is 34.6 Å². The van der Waals surface area contributed by atoms with Crippen LogP contribution in [0.2, 0.25) is 5.02 Å². The molecular weight excluding hydrogens is 336 g/mol. The van der Waals surface area contributed by atoms with Crippen LogP contribution in [0.5, 0.6) is 0 Å². The number of aryl methyl sites for hydroxylation is 1. The fraction of sp³-hybridized carbons (Fsp3) is 0.350. The summed E-state index contributed by atoms with van der Waals surface area (Å²) in [4.78, 5) is 0. The lowest BCUT2D eigenvalue weighted by Gasteiger charge is -2.21. The monoisotopic (exact) mass is 360 g/mol. The van der Waals surface area contributed by atoms with Crippen LogP contribution in [0.1, 0.15) is 55.8 Å². The van der Waals surface area contributed by atoms with Crippen molar-refractivity contribution in [3.63, 3.8) is 0 Å². The number of hydrogen-bond donors (Lipinski definition) is 2. The van der Waals surface area contributed by atoms with Gasteiger partial charge in [-0.15, -0.1) is 0 Å². The molecule has 2 nitrogen and oxygen atoms in total. The third-order valence-corrected chi connectivity index (χ3v) is 4.78. The summed E-state index contributed by atoms with van der Waals surface area (Å²) in [6.45, 7) is 8.54. The summed E-state index contributed by atoms with van der Waals surface area (Å²) in [6.07, 6.45) is 0.956. The Morgan fingerprint density at radius 2 is 1.71 bits per heavy atom. The normalized spacial score (nSPS) is 12.1. The minimum atomic E-state index is 0.187. The molecule has 0 amide bonds. The molecule has 0 saturated heterocycles. The van der Waals surface area contributed by atoms with E-state index in [4.69, 9.17) is 23.8 Å². The highest BCUT2D eigenvalue weighted by molar-refractivity contribution is 7.80. The van der Waals surface area contributed by atoms with E-state index in [-0.39, 0.29) is 6.04 Å². The van der Waals surface area contributed by atoms with E-state index in [1.807, 2.05) is 25.1 Å². The Morgan fingerprint density at radius 1 is 1.08 bits per heavy atom. The standard InChI is InChI=1S/C20H25ClN2S/c1-5-19(16-9-7-15(8-10-16)13(2)3)23-20(24)22-17-11-6-14(4)18(21)12-17/h6-13,19H,5H2,1-4H3,(H2,22,23,24). The van der Waals surface area contributed by atoms with Crippen LogP contribution in [0, 0.1) is 6.92 Å². The molecule has 1 unspecified atom stereocenters. The van der Waals surface area contributed by atoms with Gasteiger partial charge in [-0.3, -0.25) is 0 Å². The van der Waals surface area contributed by atoms with Crippen molar-refractivity contribution in [2.45, 2.75) is 46.1 Å². The Labute approximate surface area is 155 Å². The lowest BCUT2D eigenvalue weighted by molar-refractivity contribution is 0.628. The summed E-state index contributed by atoms with van der Waals surface area (Å²) in [6, 6.07) is 14.8.